The van der Waals surface area contributed by atoms with E-state index in [1.54, 1.807) is 12.1 Å². The first-order valence-corrected chi connectivity index (χ1v) is 9.73. The summed E-state index contributed by atoms with van der Waals surface area (Å²) in [4.78, 5) is 28.0. The lowest BCUT2D eigenvalue weighted by Crippen LogP contribution is -2.35. The Kier molecular flexibility index (Phi) is 5.27. The third-order valence-electron chi connectivity index (χ3n) is 4.40. The highest BCUT2D eigenvalue weighted by molar-refractivity contribution is 9.10. The number of nitrogens with two attached hydrogens (primary N) is 1. The van der Waals surface area contributed by atoms with E-state index in [1.807, 2.05) is 12.1 Å². The van der Waals surface area contributed by atoms with Crippen molar-refractivity contribution < 1.29 is 9.59 Å². The second-order valence-electron chi connectivity index (χ2n) is 6.35. The molecule has 2 aromatic rings. The number of amides is 2. The second kappa shape index (κ2) is 7.27. The Morgan fingerprint density at radius 3 is 2.56 bits per heavy atom. The molecule has 0 atom stereocenters. The van der Waals surface area contributed by atoms with Crippen LogP contribution < -0.4 is 11.1 Å². The van der Waals surface area contributed by atoms with E-state index < -0.39 is 5.91 Å². The van der Waals surface area contributed by atoms with Gasteiger partial charge in [-0.25, -0.2) is 0 Å². The number of hydrogen-bond acceptors (Lipinski definition) is 4. The molecule has 7 heteroatoms. The van der Waals surface area contributed by atoms with Crippen LogP contribution >= 0.6 is 27.3 Å². The summed E-state index contributed by atoms with van der Waals surface area (Å²) in [7, 11) is 0. The first-order valence-electron chi connectivity index (χ1n) is 8.12. The molecule has 25 heavy (non-hydrogen) atoms. The Morgan fingerprint density at radius 2 is 1.96 bits per heavy atom. The van der Waals surface area contributed by atoms with Crippen molar-refractivity contribution in [1.82, 2.24) is 4.90 Å². The number of carbonyl (C=O) groups excluding carboxylic acids is 2. The maximum absolute atomic E-state index is 12.5. The van der Waals surface area contributed by atoms with Crippen molar-refractivity contribution in [2.24, 2.45) is 5.73 Å². The smallest absolute Gasteiger partial charge is 0.256 e. The van der Waals surface area contributed by atoms with Crippen molar-refractivity contribution in [2.45, 2.75) is 32.9 Å². The number of primary amides is 1. The molecule has 0 spiro atoms. The zero-order valence-corrected chi connectivity index (χ0v) is 16.5. The monoisotopic (exact) mass is 421 g/mol. The van der Waals surface area contributed by atoms with Crippen molar-refractivity contribution >= 4 is 44.1 Å². The van der Waals surface area contributed by atoms with Gasteiger partial charge in [-0.15, -0.1) is 11.3 Å². The summed E-state index contributed by atoms with van der Waals surface area (Å²) in [5, 5.41) is 3.43. The van der Waals surface area contributed by atoms with Gasteiger partial charge in [0.2, 0.25) is 0 Å². The van der Waals surface area contributed by atoms with Crippen molar-refractivity contribution in [1.29, 1.82) is 0 Å². The molecule has 3 N–H and O–H groups in total. The largest absolute Gasteiger partial charge is 0.365 e. The predicted octanol–water partition coefficient (Wildman–Crippen LogP) is 3.63. The normalized spacial score (nSPS) is 14.4. The molecular weight excluding hydrogens is 402 g/mol. The van der Waals surface area contributed by atoms with Crippen LogP contribution in [-0.4, -0.2) is 29.3 Å². The van der Waals surface area contributed by atoms with Gasteiger partial charge in [-0.05, 0) is 50.1 Å². The molecule has 0 fully saturated rings. The molecule has 0 unspecified atom stereocenters. The fourth-order valence-electron chi connectivity index (χ4n) is 2.99. The molecule has 5 nitrogen and oxygen atoms in total. The minimum atomic E-state index is -0.485. The molecule has 0 saturated heterocycles. The molecule has 1 aliphatic heterocycles. The minimum absolute atomic E-state index is 0.241. The van der Waals surface area contributed by atoms with Gasteiger partial charge in [0.15, 0.2) is 0 Å². The lowest BCUT2D eigenvalue weighted by Gasteiger charge is -2.30. The van der Waals surface area contributed by atoms with E-state index in [0.717, 1.165) is 34.4 Å². The van der Waals surface area contributed by atoms with Crippen LogP contribution in [0, 0.1) is 0 Å². The van der Waals surface area contributed by atoms with Crippen LogP contribution in [-0.2, 0) is 13.0 Å². The number of fused-ring (bicyclic) bond motifs is 1. The average Bonchev–Trinajstić information content (AvgIpc) is 2.92. The summed E-state index contributed by atoms with van der Waals surface area (Å²) < 4.78 is 0.905. The van der Waals surface area contributed by atoms with Crippen LogP contribution in [0.2, 0.25) is 0 Å². The van der Waals surface area contributed by atoms with E-state index >= 15 is 0 Å². The van der Waals surface area contributed by atoms with Gasteiger partial charge < -0.3 is 11.1 Å². The summed E-state index contributed by atoms with van der Waals surface area (Å²) >= 11 is 4.81. The first-order chi connectivity index (χ1) is 11.9. The topological polar surface area (TPSA) is 75.4 Å². The second-order valence-corrected chi connectivity index (χ2v) is 8.37. The highest BCUT2D eigenvalue weighted by Crippen LogP contribution is 2.37. The third-order valence-corrected chi connectivity index (χ3v) is 6.06. The number of rotatable bonds is 4. The molecule has 0 radical (unpaired) electrons. The number of anilines is 1. The van der Waals surface area contributed by atoms with Crippen LogP contribution in [0.25, 0.3) is 0 Å². The van der Waals surface area contributed by atoms with Gasteiger partial charge in [0.25, 0.3) is 11.8 Å². The number of nitrogens with one attached hydrogen (secondary N) is 1. The summed E-state index contributed by atoms with van der Waals surface area (Å²) in [5.74, 6) is -0.726. The predicted molar refractivity (Wildman–Crippen MR) is 104 cm³/mol. The van der Waals surface area contributed by atoms with Crippen LogP contribution in [0.5, 0.6) is 0 Å². The van der Waals surface area contributed by atoms with Gasteiger partial charge in [0.1, 0.15) is 5.00 Å². The number of nitrogens with zero attached hydrogens (tertiary/aromatic N) is 1. The molecule has 3 rings (SSSR count). The number of benzene rings is 1. The fourth-order valence-corrected chi connectivity index (χ4v) is 4.53. The van der Waals surface area contributed by atoms with Gasteiger partial charge >= 0.3 is 0 Å². The molecule has 1 aromatic heterocycles. The highest BCUT2D eigenvalue weighted by atomic mass is 79.9. The van der Waals surface area contributed by atoms with Crippen molar-refractivity contribution in [3.63, 3.8) is 0 Å². The Labute approximate surface area is 159 Å². The standard InChI is InChI=1S/C18H20BrN3O2S/c1-10(2)22-8-7-13-14(9-22)25-18(15(13)16(20)23)21-17(24)11-3-5-12(19)6-4-11/h3-6,10H,7-9H2,1-2H3,(H2,20,23)(H,21,24). The van der Waals surface area contributed by atoms with Crippen molar-refractivity contribution in [3.8, 4) is 0 Å². The average molecular weight is 422 g/mol. The first kappa shape index (κ1) is 18.1. The Hall–Kier alpha value is -1.70. The Balaban J connectivity index is 1.90. The summed E-state index contributed by atoms with van der Waals surface area (Å²) in [6, 6.07) is 7.52. The molecule has 0 aliphatic carbocycles. The van der Waals surface area contributed by atoms with E-state index in [1.165, 1.54) is 11.3 Å². The maximum Gasteiger partial charge on any atom is 0.256 e. The fraction of sp³-hybridized carbons (Fsp3) is 0.333. The molecule has 2 amide bonds. The molecule has 0 bridgehead atoms. The number of hydrogen-bond donors (Lipinski definition) is 2. The van der Waals surface area contributed by atoms with E-state index in [9.17, 15) is 9.59 Å². The van der Waals surface area contributed by atoms with E-state index in [4.69, 9.17) is 5.73 Å². The zero-order valence-electron chi connectivity index (χ0n) is 14.1. The number of halogens is 1. The van der Waals surface area contributed by atoms with E-state index in [0.29, 0.717) is 22.2 Å². The number of thiophene rings is 1. The molecule has 1 aliphatic rings. The van der Waals surface area contributed by atoms with Gasteiger partial charge in [-0.2, -0.15) is 0 Å². The van der Waals surface area contributed by atoms with Crippen molar-refractivity contribution in [3.05, 3.63) is 50.3 Å². The van der Waals surface area contributed by atoms with Crippen molar-refractivity contribution in [2.75, 3.05) is 11.9 Å². The van der Waals surface area contributed by atoms with Gasteiger partial charge in [0, 0.05) is 34.0 Å². The SMILES string of the molecule is CC(C)N1CCc2c(sc(NC(=O)c3ccc(Br)cc3)c2C(N)=O)C1. The summed E-state index contributed by atoms with van der Waals surface area (Å²) in [6.07, 6.45) is 0.774. The Bertz CT molecular complexity index is 814. The van der Waals surface area contributed by atoms with Crippen LogP contribution in [0.1, 0.15) is 45.0 Å². The summed E-state index contributed by atoms with van der Waals surface area (Å²) in [5.41, 5.74) is 7.60. The lowest BCUT2D eigenvalue weighted by molar-refractivity contribution is 0.0999. The molecule has 132 valence electrons. The molecule has 1 aromatic carbocycles. The number of carbonyl (C=O) groups is 2. The van der Waals surface area contributed by atoms with E-state index in [-0.39, 0.29) is 5.91 Å². The highest BCUT2D eigenvalue weighted by Gasteiger charge is 2.28. The quantitative estimate of drug-likeness (QED) is 0.790. The molecule has 2 heterocycles. The maximum atomic E-state index is 12.5. The molecule has 0 saturated carbocycles. The zero-order chi connectivity index (χ0) is 18.1. The summed E-state index contributed by atoms with van der Waals surface area (Å²) in [6.45, 7) is 5.99. The Morgan fingerprint density at radius 1 is 1.28 bits per heavy atom. The molecular formula is C18H20BrN3O2S. The van der Waals surface area contributed by atoms with Crippen LogP contribution in [0.4, 0.5) is 5.00 Å². The van der Waals surface area contributed by atoms with Gasteiger partial charge in [-0.3, -0.25) is 14.5 Å². The van der Waals surface area contributed by atoms with Gasteiger partial charge in [-0.1, -0.05) is 15.9 Å². The third kappa shape index (κ3) is 3.78. The van der Waals surface area contributed by atoms with Crippen LogP contribution in [0.3, 0.4) is 0 Å². The lowest BCUT2D eigenvalue weighted by atomic mass is 10.0. The minimum Gasteiger partial charge on any atom is -0.365 e. The van der Waals surface area contributed by atoms with E-state index in [2.05, 4.69) is 40.0 Å². The van der Waals surface area contributed by atoms with Gasteiger partial charge in [0.05, 0.1) is 5.56 Å². The van der Waals surface area contributed by atoms with Crippen LogP contribution in [0.15, 0.2) is 28.7 Å².